The number of rotatable bonds is 12. The van der Waals surface area contributed by atoms with Crippen LogP contribution in [0.1, 0.15) is 78.5 Å². The van der Waals surface area contributed by atoms with Gasteiger partial charge in [-0.1, -0.05) is 68.5 Å². The monoisotopic (exact) mass is 836 g/mol. The van der Waals surface area contributed by atoms with Crippen LogP contribution in [0.5, 0.6) is 5.75 Å². The summed E-state index contributed by atoms with van der Waals surface area (Å²) in [7, 11) is 2.94. The highest BCUT2D eigenvalue weighted by Crippen LogP contribution is 2.71. The molecule has 4 N–H and O–H groups in total. The summed E-state index contributed by atoms with van der Waals surface area (Å²) in [6.45, 7) is 14.4. The second kappa shape index (κ2) is 15.5. The molecule has 1 aliphatic carbocycles. The van der Waals surface area contributed by atoms with Crippen LogP contribution in [-0.4, -0.2) is 107 Å². The first-order chi connectivity index (χ1) is 28.3. The number of carbonyl (C=O) groups is 1. The average molecular weight is 837 g/mol. The van der Waals surface area contributed by atoms with Crippen molar-refractivity contribution in [3.8, 4) is 5.75 Å². The number of esters is 1. The number of fused-ring (bicyclic) bond motifs is 3. The molecule has 5 aliphatic heterocycles. The fourth-order valence-electron chi connectivity index (χ4n) is 10.9. The van der Waals surface area contributed by atoms with E-state index in [1.54, 1.807) is 89.3 Å². The van der Waals surface area contributed by atoms with Gasteiger partial charge in [0.05, 0.1) is 72.9 Å². The largest absolute Gasteiger partial charge is 0.500 e. The summed E-state index contributed by atoms with van der Waals surface area (Å²) in [4.78, 5) is 26.3. The van der Waals surface area contributed by atoms with Gasteiger partial charge in [0, 0.05) is 11.5 Å². The van der Waals surface area contributed by atoms with Crippen LogP contribution in [0.3, 0.4) is 0 Å². The maximum absolute atomic E-state index is 13.3. The molecule has 7 rings (SSSR count). The van der Waals surface area contributed by atoms with Crippen LogP contribution in [0.25, 0.3) is 0 Å². The third-order valence-corrected chi connectivity index (χ3v) is 15.1. The molecule has 14 heteroatoms. The molecule has 0 unspecified atom stereocenters. The van der Waals surface area contributed by atoms with E-state index in [0.29, 0.717) is 29.9 Å². The number of hydrogen-bond acceptors (Lipinski definition) is 14. The van der Waals surface area contributed by atoms with E-state index >= 15 is 0 Å². The van der Waals surface area contributed by atoms with Crippen LogP contribution in [0, 0.1) is 29.1 Å². The molecule has 6 aliphatic rings. The highest BCUT2D eigenvalue weighted by Gasteiger charge is 2.76. The van der Waals surface area contributed by atoms with Gasteiger partial charge in [0.2, 0.25) is 0 Å². The van der Waals surface area contributed by atoms with Crippen molar-refractivity contribution in [1.29, 1.82) is 0 Å². The van der Waals surface area contributed by atoms with E-state index < -0.39 is 106 Å². The lowest BCUT2D eigenvalue weighted by atomic mass is 9.42. The number of allylic oxidation sites excluding steroid dienone is 7. The molecule has 16 atom stereocenters. The lowest BCUT2D eigenvalue weighted by Gasteiger charge is -2.65. The van der Waals surface area contributed by atoms with Crippen molar-refractivity contribution >= 4 is 5.97 Å². The molecule has 0 aromatic carbocycles. The number of aliphatic hydroxyl groups excluding tert-OH is 2. The van der Waals surface area contributed by atoms with Gasteiger partial charge >= 0.3 is 11.6 Å². The highest BCUT2D eigenvalue weighted by molar-refractivity contribution is 5.86. The number of ether oxygens (including phenoxy) is 7. The maximum Gasteiger partial charge on any atom is 0.339 e. The van der Waals surface area contributed by atoms with E-state index in [1.807, 2.05) is 26.8 Å². The van der Waals surface area contributed by atoms with Crippen LogP contribution in [0.4, 0.5) is 0 Å². The first-order valence-electron chi connectivity index (χ1n) is 20.7. The Morgan fingerprint density at radius 1 is 0.733 bits per heavy atom. The molecule has 0 amide bonds. The van der Waals surface area contributed by atoms with Gasteiger partial charge in [-0.15, -0.1) is 0 Å². The molecule has 0 spiro atoms. The third kappa shape index (κ3) is 6.04. The van der Waals surface area contributed by atoms with Crippen molar-refractivity contribution in [3.05, 3.63) is 100 Å². The normalized spacial score (nSPS) is 46.1. The van der Waals surface area contributed by atoms with Crippen molar-refractivity contribution in [1.82, 2.24) is 0 Å². The number of aliphatic hydroxyl groups is 4. The zero-order chi connectivity index (χ0) is 43.8. The summed E-state index contributed by atoms with van der Waals surface area (Å²) in [5.74, 6) is -0.937. The summed E-state index contributed by atoms with van der Waals surface area (Å²) >= 11 is 0. The van der Waals surface area contributed by atoms with E-state index in [9.17, 15) is 30.0 Å². The van der Waals surface area contributed by atoms with Gasteiger partial charge in [-0.2, -0.15) is 0 Å². The second-order valence-electron chi connectivity index (χ2n) is 17.8. The van der Waals surface area contributed by atoms with Gasteiger partial charge in [-0.3, -0.25) is 0 Å². The average Bonchev–Trinajstić information content (AvgIpc) is 3.76. The predicted molar refractivity (Wildman–Crippen MR) is 217 cm³/mol. The van der Waals surface area contributed by atoms with Crippen LogP contribution in [0.2, 0.25) is 0 Å². The van der Waals surface area contributed by atoms with Crippen molar-refractivity contribution in [2.24, 2.45) is 22.2 Å². The minimum absolute atomic E-state index is 0.268. The topological polar surface area (TPSA) is 193 Å². The summed E-state index contributed by atoms with van der Waals surface area (Å²) in [5, 5.41) is 45.4. The molecule has 328 valence electrons. The van der Waals surface area contributed by atoms with E-state index in [1.165, 1.54) is 26.4 Å². The molecule has 1 aromatic rings. The number of methoxy groups -OCH3 is 2. The van der Waals surface area contributed by atoms with Gasteiger partial charge in [-0.25, -0.2) is 9.59 Å². The SMILES string of the molecule is CC[C@H]1O[C@@H]2O[C@H](/C=C/C=C/C=C/[C@]34OC(=O)C=C(OC)[C@@]3(C)[C@@H](/C=C/C=C/[C@H]3O[C@H]5O[C@H](CC)[C@](C)(O)[C@@]5(C)[C@H]3O)[C@@H]4c3oc(=O)cc(OC)c3C)[C@H](O)[C@]2(C)[C@@]1(C)O. The zero-order valence-electron chi connectivity index (χ0n) is 36.0. The zero-order valence-corrected chi connectivity index (χ0v) is 36.0. The van der Waals surface area contributed by atoms with E-state index in [-0.39, 0.29) is 5.76 Å². The molecular weight excluding hydrogens is 776 g/mol. The van der Waals surface area contributed by atoms with Crippen LogP contribution in [0.15, 0.2) is 87.9 Å². The minimum atomic E-state index is -1.42. The lowest BCUT2D eigenvalue weighted by molar-refractivity contribution is -0.218. The minimum Gasteiger partial charge on any atom is -0.500 e. The van der Waals surface area contributed by atoms with Gasteiger partial charge in [0.1, 0.15) is 40.7 Å². The van der Waals surface area contributed by atoms with Crippen LogP contribution < -0.4 is 10.4 Å². The Bertz CT molecular complexity index is 2080. The maximum atomic E-state index is 13.3. The fourth-order valence-corrected chi connectivity index (χ4v) is 10.9. The molecular formula is C46H60O14. The number of hydrogen-bond donors (Lipinski definition) is 4. The molecule has 4 saturated heterocycles. The summed E-state index contributed by atoms with van der Waals surface area (Å²) in [6.07, 6.45) is 13.9. The van der Waals surface area contributed by atoms with Gasteiger partial charge in [0.15, 0.2) is 18.2 Å². The van der Waals surface area contributed by atoms with Gasteiger partial charge in [-0.05, 0) is 60.5 Å². The number of carbonyl (C=O) groups excluding carboxylic acids is 1. The highest BCUT2D eigenvalue weighted by atomic mass is 16.7. The van der Waals surface area contributed by atoms with Crippen molar-refractivity contribution in [2.45, 2.75) is 140 Å². The Hall–Kier alpha value is -3.86. The summed E-state index contributed by atoms with van der Waals surface area (Å²) < 4.78 is 47.8. The van der Waals surface area contributed by atoms with Crippen molar-refractivity contribution in [2.75, 3.05) is 14.2 Å². The smallest absolute Gasteiger partial charge is 0.339 e. The Kier molecular flexibility index (Phi) is 11.4. The Balaban J connectivity index is 1.18. The molecule has 1 aromatic heterocycles. The molecule has 60 heavy (non-hydrogen) atoms. The predicted octanol–water partition coefficient (Wildman–Crippen LogP) is 4.59. The van der Waals surface area contributed by atoms with Crippen molar-refractivity contribution < 1.29 is 62.8 Å². The quantitative estimate of drug-likeness (QED) is 0.169. The third-order valence-electron chi connectivity index (χ3n) is 15.1. The van der Waals surface area contributed by atoms with Crippen LogP contribution >= 0.6 is 0 Å². The van der Waals surface area contributed by atoms with Crippen LogP contribution in [-0.2, 0) is 33.2 Å². The molecule has 0 bridgehead atoms. The Morgan fingerprint density at radius 3 is 1.75 bits per heavy atom. The first kappa shape index (κ1) is 44.2. The molecule has 6 heterocycles. The van der Waals surface area contributed by atoms with Crippen molar-refractivity contribution in [3.63, 3.8) is 0 Å². The Labute approximate surface area is 350 Å². The lowest BCUT2D eigenvalue weighted by Crippen LogP contribution is -2.70. The molecule has 1 saturated carbocycles. The molecule has 0 radical (unpaired) electrons. The summed E-state index contributed by atoms with van der Waals surface area (Å²) in [5.41, 5.74) is -7.23. The fraction of sp³-hybridized carbons (Fsp3) is 0.609. The Morgan fingerprint density at radius 2 is 1.25 bits per heavy atom. The van der Waals surface area contributed by atoms with E-state index in [4.69, 9.17) is 37.6 Å². The van der Waals surface area contributed by atoms with Gasteiger partial charge in [0.25, 0.3) is 0 Å². The standard InChI is InChI=1S/C46H60O14/c1-11-30-44(7,51)42(5)37(49)27(55-39(42)57-30)20-15-13-14-18-22-46-35(36-25(3)29(53-9)23-33(47)59-36)26(41(46,4)32(54-10)24-34(48)60-46)19-16-17-21-28-38(50)43(6)40(56-28)58-31(12-2)45(43,8)52/h13-24,26-28,30-31,35,37-40,49-52H,11-12H2,1-10H3/b14-13+,19-16+,20-15+,21-17+,22-18+/t26-,27+,28+,30+,31+,35+,37-,38-,39-,40-,41+,42-,43-,44-,45-,46+/m0/s1. The van der Waals surface area contributed by atoms with E-state index in [2.05, 4.69) is 0 Å². The molecule has 5 fully saturated rings. The van der Waals surface area contributed by atoms with Gasteiger partial charge < -0.3 is 58.0 Å². The first-order valence-corrected chi connectivity index (χ1v) is 20.7. The second-order valence-corrected chi connectivity index (χ2v) is 17.8. The molecule has 14 nitrogen and oxygen atoms in total. The van der Waals surface area contributed by atoms with E-state index in [0.717, 1.165) is 0 Å². The summed E-state index contributed by atoms with van der Waals surface area (Å²) in [6, 6.07) is 1.26.